The second-order valence-corrected chi connectivity index (χ2v) is 10.8. The number of hydrogen-bond donors (Lipinski definition) is 0. The molecule has 0 bridgehead atoms. The Hall–Kier alpha value is 1.47. The van der Waals surface area contributed by atoms with E-state index in [0.29, 0.717) is 25.7 Å². The standard InChI is InChI=1S/C14H23O6PS2.2Na/c15-22(16,17)12-6-4-10-21(14-8-2-1-3-9-14)11-5-7-13-23(18,19)20;;/h1-3,8-9H,4-7,10-13H2,(H,15,16,17)(H,18,19,20);;/q;2*+1/p-2. The third-order valence-corrected chi connectivity index (χ3v) is 7.58. The van der Waals surface area contributed by atoms with Crippen LogP contribution in [0.4, 0.5) is 0 Å². The van der Waals surface area contributed by atoms with Crippen LogP contribution in [0.3, 0.4) is 0 Å². The molecule has 6 nitrogen and oxygen atoms in total. The van der Waals surface area contributed by atoms with E-state index < -0.39 is 28.2 Å². The molecule has 25 heavy (non-hydrogen) atoms. The van der Waals surface area contributed by atoms with Gasteiger partial charge in [-0.3, -0.25) is 0 Å². The molecule has 0 radical (unpaired) electrons. The summed E-state index contributed by atoms with van der Waals surface area (Å²) in [5.74, 6) is -0.696. The molecule has 0 aromatic heterocycles. The summed E-state index contributed by atoms with van der Waals surface area (Å²) in [5, 5.41) is 1.16. The molecule has 1 rings (SSSR count). The van der Waals surface area contributed by atoms with Crippen molar-refractivity contribution in [2.75, 3.05) is 23.8 Å². The van der Waals surface area contributed by atoms with Crippen molar-refractivity contribution in [2.24, 2.45) is 0 Å². The number of benzene rings is 1. The minimum Gasteiger partial charge on any atom is -0.748 e. The molecule has 0 N–H and O–H groups in total. The third kappa shape index (κ3) is 16.2. The topological polar surface area (TPSA) is 114 Å². The third-order valence-electron chi connectivity index (χ3n) is 3.27. The molecule has 0 unspecified atom stereocenters. The molecule has 11 heteroatoms. The van der Waals surface area contributed by atoms with Crippen molar-refractivity contribution in [3.63, 3.8) is 0 Å². The summed E-state index contributed by atoms with van der Waals surface area (Å²) < 4.78 is 63.7. The first-order chi connectivity index (χ1) is 10.7. The Bertz CT molecular complexity index is 628. The Kier molecular flexibility index (Phi) is 16.6. The van der Waals surface area contributed by atoms with Gasteiger partial charge in [-0.1, -0.05) is 38.3 Å². The Balaban J connectivity index is 0. The van der Waals surface area contributed by atoms with Crippen LogP contribution in [-0.4, -0.2) is 49.8 Å². The van der Waals surface area contributed by atoms with Gasteiger partial charge in [-0.25, -0.2) is 16.8 Å². The van der Waals surface area contributed by atoms with Gasteiger partial charge in [0.2, 0.25) is 0 Å². The fraction of sp³-hybridized carbons (Fsp3) is 0.571. The van der Waals surface area contributed by atoms with Crippen molar-refractivity contribution in [1.29, 1.82) is 0 Å². The average molecular weight is 426 g/mol. The fourth-order valence-corrected chi connectivity index (χ4v) is 5.83. The first-order valence-electron chi connectivity index (χ1n) is 7.34. The van der Waals surface area contributed by atoms with Crippen molar-refractivity contribution in [3.8, 4) is 0 Å². The normalized spacial score (nSPS) is 11.6. The summed E-state index contributed by atoms with van der Waals surface area (Å²) in [4.78, 5) is 0. The number of rotatable bonds is 11. The van der Waals surface area contributed by atoms with E-state index in [9.17, 15) is 25.9 Å². The van der Waals surface area contributed by atoms with E-state index >= 15 is 0 Å². The van der Waals surface area contributed by atoms with E-state index in [1.807, 2.05) is 30.3 Å². The van der Waals surface area contributed by atoms with Crippen LogP contribution in [0.25, 0.3) is 0 Å². The zero-order valence-corrected chi connectivity index (χ0v) is 21.3. The SMILES string of the molecule is O=S(=O)([O-])CCCCP(CCCCS(=O)(=O)[O-])c1ccccc1.[Na+].[Na+]. The minimum atomic E-state index is -4.17. The van der Waals surface area contributed by atoms with Crippen LogP contribution >= 0.6 is 7.92 Å². The summed E-state index contributed by atoms with van der Waals surface area (Å²) in [6.07, 6.45) is 3.54. The molecule has 0 aliphatic rings. The van der Waals surface area contributed by atoms with Crippen LogP contribution in [0.1, 0.15) is 25.7 Å². The van der Waals surface area contributed by atoms with Crippen molar-refractivity contribution < 1.29 is 85.1 Å². The first-order valence-corrected chi connectivity index (χ1v) is 12.2. The Morgan fingerprint density at radius 1 is 0.720 bits per heavy atom. The van der Waals surface area contributed by atoms with Gasteiger partial charge in [-0.15, -0.1) is 0 Å². The van der Waals surface area contributed by atoms with Gasteiger partial charge in [-0.2, -0.15) is 0 Å². The molecule has 0 aliphatic carbocycles. The van der Waals surface area contributed by atoms with Gasteiger partial charge in [0.1, 0.15) is 0 Å². The van der Waals surface area contributed by atoms with E-state index in [1.54, 1.807) is 0 Å². The van der Waals surface area contributed by atoms with Gasteiger partial charge in [0.05, 0.1) is 20.2 Å². The Labute approximate surface area is 196 Å². The van der Waals surface area contributed by atoms with Crippen LogP contribution in [0.15, 0.2) is 30.3 Å². The van der Waals surface area contributed by atoms with Gasteiger partial charge in [0.15, 0.2) is 0 Å². The van der Waals surface area contributed by atoms with Gasteiger partial charge in [0.25, 0.3) is 0 Å². The molecule has 0 spiro atoms. The quantitative estimate of drug-likeness (QED) is 0.152. The molecule has 132 valence electrons. The predicted molar refractivity (Wildman–Crippen MR) is 90.3 cm³/mol. The van der Waals surface area contributed by atoms with Crippen molar-refractivity contribution >= 4 is 33.5 Å². The van der Waals surface area contributed by atoms with Crippen molar-refractivity contribution in [3.05, 3.63) is 30.3 Å². The molecule has 0 heterocycles. The van der Waals surface area contributed by atoms with Gasteiger partial charge in [-0.05, 0) is 43.3 Å². The zero-order chi connectivity index (χ0) is 17.3. The van der Waals surface area contributed by atoms with Gasteiger partial charge in [0, 0.05) is 11.5 Å². The summed E-state index contributed by atoms with van der Waals surface area (Å²) in [6.45, 7) is 0. The van der Waals surface area contributed by atoms with Crippen molar-refractivity contribution in [2.45, 2.75) is 25.7 Å². The summed E-state index contributed by atoms with van der Waals surface area (Å²) in [5.41, 5.74) is 0. The maximum Gasteiger partial charge on any atom is 1.00 e. The number of hydrogen-bond acceptors (Lipinski definition) is 6. The average Bonchev–Trinajstić information content (AvgIpc) is 2.44. The first kappa shape index (κ1) is 28.7. The fourth-order valence-electron chi connectivity index (χ4n) is 2.17. The van der Waals surface area contributed by atoms with Crippen LogP contribution in [-0.2, 0) is 20.2 Å². The van der Waals surface area contributed by atoms with E-state index in [0.717, 1.165) is 17.6 Å². The molecule has 0 aliphatic heterocycles. The minimum absolute atomic E-state index is 0. The smallest absolute Gasteiger partial charge is 0.748 e. The second-order valence-electron chi connectivity index (χ2n) is 5.26. The van der Waals surface area contributed by atoms with E-state index in [4.69, 9.17) is 0 Å². The maximum absolute atomic E-state index is 10.6. The molecular formula is C14H21Na2O6PS2. The van der Waals surface area contributed by atoms with E-state index in [-0.39, 0.29) is 70.6 Å². The Morgan fingerprint density at radius 2 is 1.12 bits per heavy atom. The predicted octanol–water partition coefficient (Wildman–Crippen LogP) is -4.55. The summed E-state index contributed by atoms with van der Waals surface area (Å²) in [7, 11) is -8.88. The summed E-state index contributed by atoms with van der Waals surface area (Å²) in [6, 6.07) is 9.76. The van der Waals surface area contributed by atoms with E-state index in [2.05, 4.69) is 0 Å². The summed E-state index contributed by atoms with van der Waals surface area (Å²) >= 11 is 0. The molecule has 0 fully saturated rings. The molecule has 0 atom stereocenters. The van der Waals surface area contributed by atoms with Gasteiger partial charge >= 0.3 is 59.1 Å². The van der Waals surface area contributed by atoms with Crippen LogP contribution in [0, 0.1) is 0 Å². The van der Waals surface area contributed by atoms with Crippen LogP contribution in [0.2, 0.25) is 0 Å². The van der Waals surface area contributed by atoms with Crippen LogP contribution < -0.4 is 64.4 Å². The van der Waals surface area contributed by atoms with Gasteiger partial charge < -0.3 is 9.11 Å². The monoisotopic (exact) mass is 426 g/mol. The Morgan fingerprint density at radius 3 is 1.48 bits per heavy atom. The number of unbranched alkanes of at least 4 members (excludes halogenated alkanes) is 2. The molecule has 1 aromatic carbocycles. The molecular weight excluding hydrogens is 405 g/mol. The second kappa shape index (κ2) is 14.5. The molecule has 0 saturated carbocycles. The van der Waals surface area contributed by atoms with E-state index in [1.165, 1.54) is 0 Å². The zero-order valence-electron chi connectivity index (χ0n) is 14.8. The molecule has 0 amide bonds. The van der Waals surface area contributed by atoms with Crippen LogP contribution in [0.5, 0.6) is 0 Å². The molecule has 0 saturated heterocycles. The molecule has 1 aromatic rings. The largest absolute Gasteiger partial charge is 1.00 e. The maximum atomic E-state index is 10.6. The van der Waals surface area contributed by atoms with Crippen molar-refractivity contribution in [1.82, 2.24) is 0 Å².